The molecule has 2 rings (SSSR count). The summed E-state index contributed by atoms with van der Waals surface area (Å²) >= 11 is 1.17. The van der Waals surface area contributed by atoms with Crippen molar-refractivity contribution in [2.45, 2.75) is 26.9 Å². The number of nitro groups is 1. The summed E-state index contributed by atoms with van der Waals surface area (Å²) in [4.78, 5) is 34.6. The van der Waals surface area contributed by atoms with Crippen molar-refractivity contribution in [1.82, 2.24) is 5.32 Å². The van der Waals surface area contributed by atoms with E-state index in [1.165, 1.54) is 36.5 Å². The van der Waals surface area contributed by atoms with E-state index in [1.54, 1.807) is 6.07 Å². The van der Waals surface area contributed by atoms with Gasteiger partial charge in [-0.15, -0.1) is 11.3 Å². The lowest BCUT2D eigenvalue weighted by Crippen LogP contribution is -2.37. The first-order valence-corrected chi connectivity index (χ1v) is 8.26. The molecular weight excluding hydrogens is 332 g/mol. The van der Waals surface area contributed by atoms with Crippen LogP contribution in [0.4, 0.5) is 5.69 Å². The van der Waals surface area contributed by atoms with Crippen molar-refractivity contribution in [3.8, 4) is 0 Å². The quantitative estimate of drug-likeness (QED) is 0.490. The second-order valence-corrected chi connectivity index (χ2v) is 6.86. The fourth-order valence-electron chi connectivity index (χ4n) is 1.97. The number of thiophene rings is 1. The van der Waals surface area contributed by atoms with Crippen molar-refractivity contribution in [2.75, 3.05) is 6.54 Å². The van der Waals surface area contributed by atoms with E-state index in [1.807, 2.05) is 13.8 Å². The van der Waals surface area contributed by atoms with Crippen LogP contribution in [-0.4, -0.2) is 29.4 Å². The Labute approximate surface area is 142 Å². The number of carbonyl (C=O) groups excluding carboxylic acids is 2. The minimum absolute atomic E-state index is 0.0401. The van der Waals surface area contributed by atoms with Gasteiger partial charge >= 0.3 is 5.97 Å². The molecule has 1 aromatic carbocycles. The fraction of sp³-hybridized carbons (Fsp3) is 0.375. The normalized spacial score (nSPS) is 12.2. The Kier molecular flexibility index (Phi) is 5.50. The molecule has 7 nitrogen and oxygen atoms in total. The van der Waals surface area contributed by atoms with Crippen LogP contribution in [-0.2, 0) is 9.53 Å². The highest BCUT2D eigenvalue weighted by Gasteiger charge is 2.21. The predicted molar refractivity (Wildman–Crippen MR) is 91.2 cm³/mol. The van der Waals surface area contributed by atoms with E-state index in [0.29, 0.717) is 22.7 Å². The lowest BCUT2D eigenvalue weighted by Gasteiger charge is -2.13. The molecule has 0 aliphatic carbocycles. The number of ether oxygens (including phenoxy) is 1. The summed E-state index contributed by atoms with van der Waals surface area (Å²) in [6, 6.07) is 5.92. The van der Waals surface area contributed by atoms with Crippen molar-refractivity contribution in [1.29, 1.82) is 0 Å². The maximum Gasteiger partial charge on any atom is 0.349 e. The van der Waals surface area contributed by atoms with Crippen LogP contribution < -0.4 is 5.32 Å². The van der Waals surface area contributed by atoms with Gasteiger partial charge in [0.2, 0.25) is 0 Å². The Balaban J connectivity index is 2.08. The maximum atomic E-state index is 12.2. The topological polar surface area (TPSA) is 98.5 Å². The van der Waals surface area contributed by atoms with Crippen molar-refractivity contribution in [3.05, 3.63) is 39.3 Å². The summed E-state index contributed by atoms with van der Waals surface area (Å²) in [5.74, 6) is -0.671. The van der Waals surface area contributed by atoms with Crippen molar-refractivity contribution < 1.29 is 19.2 Å². The minimum atomic E-state index is -0.907. The van der Waals surface area contributed by atoms with E-state index in [4.69, 9.17) is 4.74 Å². The molecule has 128 valence electrons. The van der Waals surface area contributed by atoms with E-state index in [9.17, 15) is 19.7 Å². The molecule has 0 saturated carbocycles. The van der Waals surface area contributed by atoms with Gasteiger partial charge in [-0.1, -0.05) is 13.8 Å². The number of benzene rings is 1. The number of non-ortho nitro benzene ring substituents is 1. The first-order chi connectivity index (χ1) is 11.3. The largest absolute Gasteiger partial charge is 0.448 e. The van der Waals surface area contributed by atoms with E-state index >= 15 is 0 Å². The minimum Gasteiger partial charge on any atom is -0.448 e. The molecule has 8 heteroatoms. The summed E-state index contributed by atoms with van der Waals surface area (Å²) < 4.78 is 5.90. The number of esters is 1. The van der Waals surface area contributed by atoms with Gasteiger partial charge in [0.05, 0.1) is 4.92 Å². The monoisotopic (exact) mass is 350 g/mol. The lowest BCUT2D eigenvalue weighted by atomic mass is 10.2. The number of nitro benzene ring substituents is 1. The van der Waals surface area contributed by atoms with Crippen LogP contribution in [0.2, 0.25) is 0 Å². The van der Waals surface area contributed by atoms with Gasteiger partial charge in [-0.2, -0.15) is 0 Å². The molecule has 0 spiro atoms. The van der Waals surface area contributed by atoms with E-state index < -0.39 is 17.0 Å². The Morgan fingerprint density at radius 3 is 2.62 bits per heavy atom. The van der Waals surface area contributed by atoms with Gasteiger partial charge in [-0.3, -0.25) is 14.9 Å². The van der Waals surface area contributed by atoms with E-state index in [0.717, 1.165) is 4.70 Å². The van der Waals surface area contributed by atoms with Crippen LogP contribution in [0.15, 0.2) is 24.3 Å². The first kappa shape index (κ1) is 17.9. The molecule has 0 saturated heterocycles. The average Bonchev–Trinajstić information content (AvgIpc) is 2.95. The number of rotatable bonds is 6. The number of nitrogens with one attached hydrogen (secondary N) is 1. The van der Waals surface area contributed by atoms with Crippen LogP contribution in [0.3, 0.4) is 0 Å². The summed E-state index contributed by atoms with van der Waals surface area (Å²) in [5, 5.41) is 14.1. The highest BCUT2D eigenvalue weighted by Crippen LogP contribution is 2.29. The van der Waals surface area contributed by atoms with Gasteiger partial charge in [0.25, 0.3) is 11.6 Å². The fourth-order valence-corrected chi connectivity index (χ4v) is 2.89. The SMILES string of the molecule is CC(C)CNC(=O)[C@H](C)OC(=O)c1cc2cc([N+](=O)[O-])ccc2s1. The number of hydrogen-bond acceptors (Lipinski definition) is 6. The van der Waals surface area contributed by atoms with Crippen LogP contribution in [0.25, 0.3) is 10.1 Å². The van der Waals surface area contributed by atoms with Gasteiger partial charge in [0.15, 0.2) is 6.10 Å². The Morgan fingerprint density at radius 1 is 1.29 bits per heavy atom. The molecule has 24 heavy (non-hydrogen) atoms. The summed E-state index contributed by atoms with van der Waals surface area (Å²) in [6.07, 6.45) is -0.907. The summed E-state index contributed by atoms with van der Waals surface area (Å²) in [7, 11) is 0. The second-order valence-electron chi connectivity index (χ2n) is 5.78. The zero-order valence-electron chi connectivity index (χ0n) is 13.6. The van der Waals surface area contributed by atoms with Gasteiger partial charge in [0, 0.05) is 28.8 Å². The van der Waals surface area contributed by atoms with E-state index in [2.05, 4.69) is 5.32 Å². The van der Waals surface area contributed by atoms with Crippen molar-refractivity contribution in [2.24, 2.45) is 5.92 Å². The summed E-state index contributed by atoms with van der Waals surface area (Å²) in [6.45, 7) is 5.94. The van der Waals surface area contributed by atoms with Gasteiger partial charge in [-0.25, -0.2) is 4.79 Å². The average molecular weight is 350 g/mol. The zero-order chi connectivity index (χ0) is 17.9. The Bertz CT molecular complexity index is 784. The second kappa shape index (κ2) is 7.39. The van der Waals surface area contributed by atoms with Crippen molar-refractivity contribution in [3.63, 3.8) is 0 Å². The number of hydrogen-bond donors (Lipinski definition) is 1. The highest BCUT2D eigenvalue weighted by molar-refractivity contribution is 7.20. The zero-order valence-corrected chi connectivity index (χ0v) is 14.4. The number of nitrogens with zero attached hydrogens (tertiary/aromatic N) is 1. The molecule has 1 atom stereocenters. The smallest absolute Gasteiger partial charge is 0.349 e. The third kappa shape index (κ3) is 4.29. The van der Waals surface area contributed by atoms with Crippen LogP contribution in [0.5, 0.6) is 0 Å². The molecule has 0 aliphatic rings. The molecule has 0 aliphatic heterocycles. The number of amides is 1. The van der Waals surface area contributed by atoms with Crippen LogP contribution in [0.1, 0.15) is 30.4 Å². The number of fused-ring (bicyclic) bond motifs is 1. The molecule has 1 heterocycles. The van der Waals surface area contributed by atoms with Crippen molar-refractivity contribution >= 4 is 39.0 Å². The molecule has 1 amide bonds. The highest BCUT2D eigenvalue weighted by atomic mass is 32.1. The van der Waals surface area contributed by atoms with E-state index in [-0.39, 0.29) is 11.6 Å². The third-order valence-corrected chi connectivity index (χ3v) is 4.35. The third-order valence-electron chi connectivity index (χ3n) is 3.25. The Morgan fingerprint density at radius 2 is 2.00 bits per heavy atom. The lowest BCUT2D eigenvalue weighted by molar-refractivity contribution is -0.384. The Hall–Kier alpha value is -2.48. The van der Waals surface area contributed by atoms with Gasteiger partial charge < -0.3 is 10.1 Å². The van der Waals surface area contributed by atoms with Gasteiger partial charge in [-0.05, 0) is 25.0 Å². The number of carbonyl (C=O) groups is 2. The molecule has 0 fully saturated rings. The maximum absolute atomic E-state index is 12.2. The molecule has 2 aromatic rings. The predicted octanol–water partition coefficient (Wildman–Crippen LogP) is 3.13. The standard InChI is InChI=1S/C16H18N2O5S/c1-9(2)8-17-15(19)10(3)23-16(20)14-7-11-6-12(18(21)22)4-5-13(11)24-14/h4-7,9-10H,8H2,1-3H3,(H,17,19)/t10-/m0/s1. The van der Waals surface area contributed by atoms with Crippen LogP contribution >= 0.6 is 11.3 Å². The molecular formula is C16H18N2O5S. The molecule has 0 unspecified atom stereocenters. The molecule has 0 bridgehead atoms. The molecule has 1 aromatic heterocycles. The molecule has 1 N–H and O–H groups in total. The van der Waals surface area contributed by atoms with Crippen LogP contribution in [0, 0.1) is 16.0 Å². The molecule has 0 radical (unpaired) electrons. The summed E-state index contributed by atoms with van der Waals surface area (Å²) in [5.41, 5.74) is -0.0401. The van der Waals surface area contributed by atoms with Gasteiger partial charge in [0.1, 0.15) is 4.88 Å². The first-order valence-electron chi connectivity index (χ1n) is 7.44.